The number of anilines is 1. The van der Waals surface area contributed by atoms with Crippen molar-refractivity contribution in [3.8, 4) is 0 Å². The Labute approximate surface area is 97.5 Å². The average Bonchev–Trinajstić information content (AvgIpc) is 2.96. The highest BCUT2D eigenvalue weighted by Crippen LogP contribution is 2.47. The second-order valence-corrected chi connectivity index (χ2v) is 4.90. The van der Waals surface area contributed by atoms with Crippen LogP contribution in [0.2, 0.25) is 0 Å². The van der Waals surface area contributed by atoms with Gasteiger partial charge in [0.2, 0.25) is 0 Å². The zero-order valence-corrected chi connectivity index (χ0v) is 10.3. The van der Waals surface area contributed by atoms with Gasteiger partial charge in [0.25, 0.3) is 0 Å². The van der Waals surface area contributed by atoms with E-state index in [0.29, 0.717) is 11.9 Å². The fourth-order valence-corrected chi connectivity index (χ4v) is 2.38. The van der Waals surface area contributed by atoms with E-state index >= 15 is 0 Å². The fourth-order valence-electron chi connectivity index (χ4n) is 2.38. The molecule has 0 amide bonds. The summed E-state index contributed by atoms with van der Waals surface area (Å²) >= 11 is 0. The topological polar surface area (TPSA) is 50.9 Å². The number of hydrogen-bond donors (Lipinski definition) is 2. The molecule has 3 nitrogen and oxygen atoms in total. The van der Waals surface area contributed by atoms with E-state index in [2.05, 4.69) is 37.1 Å². The lowest BCUT2D eigenvalue weighted by atomic mass is 10.0. The lowest BCUT2D eigenvalue weighted by molar-refractivity contribution is 0.476. The SMILES string of the molecule is CCNC(c1cc(C)cnc1N)C1CC1C. The summed E-state index contributed by atoms with van der Waals surface area (Å²) in [7, 11) is 0. The molecule has 3 N–H and O–H groups in total. The van der Waals surface area contributed by atoms with E-state index < -0.39 is 0 Å². The Morgan fingerprint density at radius 2 is 2.31 bits per heavy atom. The lowest BCUT2D eigenvalue weighted by Crippen LogP contribution is -2.24. The zero-order valence-electron chi connectivity index (χ0n) is 10.3. The highest BCUT2D eigenvalue weighted by Gasteiger charge is 2.40. The Kier molecular flexibility index (Phi) is 3.15. The van der Waals surface area contributed by atoms with Crippen LogP contribution in [0.25, 0.3) is 0 Å². The predicted molar refractivity (Wildman–Crippen MR) is 67.1 cm³/mol. The van der Waals surface area contributed by atoms with Crippen LogP contribution in [0.4, 0.5) is 5.82 Å². The van der Waals surface area contributed by atoms with Gasteiger partial charge in [-0.05, 0) is 43.4 Å². The van der Waals surface area contributed by atoms with Gasteiger partial charge in [0.15, 0.2) is 0 Å². The minimum atomic E-state index is 0.382. The average molecular weight is 219 g/mol. The number of hydrogen-bond acceptors (Lipinski definition) is 3. The lowest BCUT2D eigenvalue weighted by Gasteiger charge is -2.20. The maximum Gasteiger partial charge on any atom is 0.128 e. The summed E-state index contributed by atoms with van der Waals surface area (Å²) in [6, 6.07) is 2.55. The number of pyridine rings is 1. The van der Waals surface area contributed by atoms with Crippen LogP contribution < -0.4 is 11.1 Å². The molecule has 3 unspecified atom stereocenters. The van der Waals surface area contributed by atoms with Crippen molar-refractivity contribution in [2.75, 3.05) is 12.3 Å². The number of nitrogens with one attached hydrogen (secondary N) is 1. The Morgan fingerprint density at radius 3 is 2.88 bits per heavy atom. The first-order valence-electron chi connectivity index (χ1n) is 6.09. The van der Waals surface area contributed by atoms with E-state index in [1.165, 1.54) is 17.5 Å². The molecule has 3 atom stereocenters. The molecule has 1 heterocycles. The number of rotatable bonds is 4. The van der Waals surface area contributed by atoms with Crippen LogP contribution in [-0.2, 0) is 0 Å². The van der Waals surface area contributed by atoms with E-state index in [0.717, 1.165) is 18.4 Å². The Balaban J connectivity index is 2.27. The molecular formula is C13H21N3. The second kappa shape index (κ2) is 4.42. The van der Waals surface area contributed by atoms with Crippen molar-refractivity contribution < 1.29 is 0 Å². The van der Waals surface area contributed by atoms with Crippen molar-refractivity contribution in [1.82, 2.24) is 10.3 Å². The molecule has 0 aliphatic heterocycles. The summed E-state index contributed by atoms with van der Waals surface area (Å²) in [6.45, 7) is 7.48. The smallest absolute Gasteiger partial charge is 0.128 e. The molecule has 1 aliphatic carbocycles. The molecule has 0 spiro atoms. The molecule has 1 aliphatic rings. The van der Waals surface area contributed by atoms with Crippen LogP contribution in [0.3, 0.4) is 0 Å². The summed E-state index contributed by atoms with van der Waals surface area (Å²) in [4.78, 5) is 4.25. The molecule has 2 rings (SSSR count). The Hall–Kier alpha value is -1.09. The van der Waals surface area contributed by atoms with Gasteiger partial charge in [-0.25, -0.2) is 4.98 Å². The van der Waals surface area contributed by atoms with Crippen molar-refractivity contribution in [3.63, 3.8) is 0 Å². The molecule has 0 saturated heterocycles. The summed E-state index contributed by atoms with van der Waals surface area (Å²) in [5, 5.41) is 3.54. The third kappa shape index (κ3) is 2.19. The van der Waals surface area contributed by atoms with E-state index in [4.69, 9.17) is 5.73 Å². The van der Waals surface area contributed by atoms with Crippen LogP contribution in [0, 0.1) is 18.8 Å². The second-order valence-electron chi connectivity index (χ2n) is 4.90. The van der Waals surface area contributed by atoms with Gasteiger partial charge in [-0.3, -0.25) is 0 Å². The van der Waals surface area contributed by atoms with Crippen molar-refractivity contribution in [1.29, 1.82) is 0 Å². The van der Waals surface area contributed by atoms with Crippen LogP contribution in [0.1, 0.15) is 37.4 Å². The molecule has 1 fully saturated rings. The van der Waals surface area contributed by atoms with Crippen LogP contribution in [-0.4, -0.2) is 11.5 Å². The highest BCUT2D eigenvalue weighted by atomic mass is 14.9. The van der Waals surface area contributed by atoms with Crippen LogP contribution in [0.15, 0.2) is 12.3 Å². The van der Waals surface area contributed by atoms with Gasteiger partial charge in [-0.1, -0.05) is 13.8 Å². The molecule has 1 saturated carbocycles. The number of aromatic nitrogens is 1. The molecule has 0 aromatic carbocycles. The van der Waals surface area contributed by atoms with Gasteiger partial charge in [0.05, 0.1) is 0 Å². The van der Waals surface area contributed by atoms with Crippen molar-refractivity contribution in [3.05, 3.63) is 23.4 Å². The Bertz CT molecular complexity index is 375. The number of nitrogens with zero attached hydrogens (tertiary/aromatic N) is 1. The molecule has 88 valence electrons. The van der Waals surface area contributed by atoms with Crippen molar-refractivity contribution in [2.24, 2.45) is 11.8 Å². The monoisotopic (exact) mass is 219 g/mol. The molecule has 0 bridgehead atoms. The third-order valence-corrected chi connectivity index (χ3v) is 3.45. The first kappa shape index (κ1) is 11.4. The maximum absolute atomic E-state index is 5.98. The fraction of sp³-hybridized carbons (Fsp3) is 0.615. The maximum atomic E-state index is 5.98. The van der Waals surface area contributed by atoms with Gasteiger partial charge in [-0.2, -0.15) is 0 Å². The van der Waals surface area contributed by atoms with Gasteiger partial charge in [0.1, 0.15) is 5.82 Å². The van der Waals surface area contributed by atoms with E-state index in [1.54, 1.807) is 0 Å². The summed E-state index contributed by atoms with van der Waals surface area (Å²) in [5.41, 5.74) is 8.34. The molecule has 1 aromatic rings. The molecular weight excluding hydrogens is 198 g/mol. The molecule has 3 heteroatoms. The van der Waals surface area contributed by atoms with Crippen LogP contribution in [0.5, 0.6) is 0 Å². The first-order valence-corrected chi connectivity index (χ1v) is 6.09. The van der Waals surface area contributed by atoms with Gasteiger partial charge >= 0.3 is 0 Å². The van der Waals surface area contributed by atoms with Gasteiger partial charge in [-0.15, -0.1) is 0 Å². The first-order chi connectivity index (χ1) is 7.63. The van der Waals surface area contributed by atoms with Crippen molar-refractivity contribution in [2.45, 2.75) is 33.2 Å². The largest absolute Gasteiger partial charge is 0.383 e. The number of aryl methyl sites for hydroxylation is 1. The molecule has 1 aromatic heterocycles. The summed E-state index contributed by atoms with van der Waals surface area (Å²) < 4.78 is 0. The molecule has 16 heavy (non-hydrogen) atoms. The minimum Gasteiger partial charge on any atom is -0.383 e. The van der Waals surface area contributed by atoms with E-state index in [-0.39, 0.29) is 0 Å². The summed E-state index contributed by atoms with van der Waals surface area (Å²) in [6.07, 6.45) is 3.13. The van der Waals surface area contributed by atoms with Gasteiger partial charge in [0, 0.05) is 17.8 Å². The van der Waals surface area contributed by atoms with Crippen LogP contribution >= 0.6 is 0 Å². The highest BCUT2D eigenvalue weighted by molar-refractivity contribution is 5.43. The standard InChI is InChI=1S/C13H21N3/c1-4-15-12(10-6-9(10)3)11-5-8(2)7-16-13(11)14/h5,7,9-10,12,15H,4,6H2,1-3H3,(H2,14,16). The quantitative estimate of drug-likeness (QED) is 0.817. The molecule has 0 radical (unpaired) electrons. The number of nitrogens with two attached hydrogens (primary N) is 1. The summed E-state index contributed by atoms with van der Waals surface area (Å²) in [5.74, 6) is 2.21. The zero-order chi connectivity index (χ0) is 11.7. The number of nitrogen functional groups attached to an aromatic ring is 1. The predicted octanol–water partition coefficient (Wildman–Crippen LogP) is 2.28. The van der Waals surface area contributed by atoms with Crippen molar-refractivity contribution >= 4 is 5.82 Å². The normalized spacial score (nSPS) is 25.4. The van der Waals surface area contributed by atoms with E-state index in [9.17, 15) is 0 Å². The third-order valence-electron chi connectivity index (χ3n) is 3.45. The Morgan fingerprint density at radius 1 is 1.62 bits per heavy atom. The van der Waals surface area contributed by atoms with E-state index in [1.807, 2.05) is 6.20 Å². The van der Waals surface area contributed by atoms with Gasteiger partial charge < -0.3 is 11.1 Å². The minimum absolute atomic E-state index is 0.382.